The molecule has 1 aliphatic heterocycles. The summed E-state index contributed by atoms with van der Waals surface area (Å²) in [4.78, 5) is 2.47. The second-order valence-electron chi connectivity index (χ2n) is 3.84. The molecule has 1 rings (SSSR count). The van der Waals surface area contributed by atoms with Crippen molar-refractivity contribution in [3.63, 3.8) is 0 Å². The summed E-state index contributed by atoms with van der Waals surface area (Å²) in [6.07, 6.45) is 1.21. The van der Waals surface area contributed by atoms with Gasteiger partial charge in [0, 0.05) is 25.7 Å². The van der Waals surface area contributed by atoms with Crippen LogP contribution in [0.15, 0.2) is 0 Å². The van der Waals surface area contributed by atoms with Gasteiger partial charge in [0.25, 0.3) is 0 Å². The molecule has 13 heavy (non-hydrogen) atoms. The van der Waals surface area contributed by atoms with Gasteiger partial charge < -0.3 is 10.5 Å². The Labute approximate surface area is 81.2 Å². The van der Waals surface area contributed by atoms with Crippen LogP contribution in [0.5, 0.6) is 0 Å². The Bertz CT molecular complexity index is 135. The summed E-state index contributed by atoms with van der Waals surface area (Å²) >= 11 is 0. The lowest BCUT2D eigenvalue weighted by Gasteiger charge is -2.36. The van der Waals surface area contributed by atoms with Crippen molar-refractivity contribution < 1.29 is 4.74 Å². The maximum atomic E-state index is 5.80. The van der Waals surface area contributed by atoms with Gasteiger partial charge in [0.1, 0.15) is 0 Å². The van der Waals surface area contributed by atoms with Crippen molar-refractivity contribution in [2.45, 2.75) is 26.3 Å². The predicted octanol–water partition coefficient (Wildman–Crippen LogP) is 0.692. The van der Waals surface area contributed by atoms with Gasteiger partial charge in [0.05, 0.1) is 13.2 Å². The van der Waals surface area contributed by atoms with Crippen LogP contribution < -0.4 is 5.73 Å². The van der Waals surface area contributed by atoms with E-state index in [1.165, 1.54) is 6.42 Å². The van der Waals surface area contributed by atoms with Crippen LogP contribution in [0.1, 0.15) is 20.3 Å². The van der Waals surface area contributed by atoms with E-state index < -0.39 is 0 Å². The van der Waals surface area contributed by atoms with Crippen LogP contribution in [-0.4, -0.2) is 43.8 Å². The van der Waals surface area contributed by atoms with Crippen LogP contribution in [-0.2, 0) is 4.74 Å². The van der Waals surface area contributed by atoms with Gasteiger partial charge in [-0.05, 0) is 5.92 Å². The molecule has 1 fully saturated rings. The molecule has 2 unspecified atom stereocenters. The van der Waals surface area contributed by atoms with E-state index in [-0.39, 0.29) is 0 Å². The second-order valence-corrected chi connectivity index (χ2v) is 3.84. The highest BCUT2D eigenvalue weighted by Crippen LogP contribution is 2.14. The van der Waals surface area contributed by atoms with Gasteiger partial charge in [-0.15, -0.1) is 0 Å². The molecule has 2 N–H and O–H groups in total. The number of hydrogen-bond donors (Lipinski definition) is 1. The van der Waals surface area contributed by atoms with E-state index in [1.54, 1.807) is 0 Å². The quantitative estimate of drug-likeness (QED) is 0.702. The molecule has 0 bridgehead atoms. The van der Waals surface area contributed by atoms with Crippen molar-refractivity contribution in [2.75, 3.05) is 32.8 Å². The zero-order valence-corrected chi connectivity index (χ0v) is 8.83. The molecule has 3 nitrogen and oxygen atoms in total. The standard InChI is InChI=1S/C10H22N2O/c1-3-9(2)10(8-11)12-4-6-13-7-5-12/h9-10H,3-8,11H2,1-2H3. The van der Waals surface area contributed by atoms with E-state index in [0.717, 1.165) is 32.8 Å². The van der Waals surface area contributed by atoms with Crippen LogP contribution in [0.2, 0.25) is 0 Å². The maximum absolute atomic E-state index is 5.80. The first-order valence-corrected chi connectivity index (χ1v) is 5.31. The summed E-state index contributed by atoms with van der Waals surface area (Å²) in [5.74, 6) is 0.697. The third kappa shape index (κ3) is 2.93. The van der Waals surface area contributed by atoms with Gasteiger partial charge in [-0.1, -0.05) is 20.3 Å². The van der Waals surface area contributed by atoms with Crippen LogP contribution in [0.4, 0.5) is 0 Å². The number of nitrogens with zero attached hydrogens (tertiary/aromatic N) is 1. The Kier molecular flexibility index (Phi) is 4.70. The van der Waals surface area contributed by atoms with Crippen molar-refractivity contribution in [3.05, 3.63) is 0 Å². The first-order chi connectivity index (χ1) is 6.29. The lowest BCUT2D eigenvalue weighted by atomic mass is 9.97. The zero-order chi connectivity index (χ0) is 9.68. The summed E-state index contributed by atoms with van der Waals surface area (Å²) in [5, 5.41) is 0. The summed E-state index contributed by atoms with van der Waals surface area (Å²) in [6.45, 7) is 9.12. The molecule has 1 aliphatic rings. The number of morpholine rings is 1. The molecule has 78 valence electrons. The number of hydrogen-bond acceptors (Lipinski definition) is 3. The van der Waals surface area contributed by atoms with Crippen LogP contribution in [0.3, 0.4) is 0 Å². The molecule has 0 aromatic heterocycles. The predicted molar refractivity (Wildman–Crippen MR) is 54.7 cm³/mol. The average Bonchev–Trinajstić information content (AvgIpc) is 2.20. The summed E-state index contributed by atoms with van der Waals surface area (Å²) < 4.78 is 5.33. The van der Waals surface area contributed by atoms with Crippen molar-refractivity contribution >= 4 is 0 Å². The van der Waals surface area contributed by atoms with E-state index >= 15 is 0 Å². The number of rotatable bonds is 4. The number of ether oxygens (including phenoxy) is 1. The Morgan fingerprint density at radius 2 is 2.00 bits per heavy atom. The van der Waals surface area contributed by atoms with Gasteiger partial charge in [-0.3, -0.25) is 4.90 Å². The highest BCUT2D eigenvalue weighted by Gasteiger charge is 2.23. The van der Waals surface area contributed by atoms with Crippen molar-refractivity contribution in [1.82, 2.24) is 4.90 Å². The molecule has 3 heteroatoms. The smallest absolute Gasteiger partial charge is 0.0594 e. The van der Waals surface area contributed by atoms with Crippen molar-refractivity contribution in [2.24, 2.45) is 11.7 Å². The van der Waals surface area contributed by atoms with Crippen LogP contribution in [0, 0.1) is 5.92 Å². The molecule has 0 amide bonds. The summed E-state index contributed by atoms with van der Waals surface area (Å²) in [7, 11) is 0. The topological polar surface area (TPSA) is 38.5 Å². The van der Waals surface area contributed by atoms with Crippen LogP contribution in [0.25, 0.3) is 0 Å². The molecule has 0 aromatic rings. The molecule has 2 atom stereocenters. The molecular weight excluding hydrogens is 164 g/mol. The first-order valence-electron chi connectivity index (χ1n) is 5.31. The highest BCUT2D eigenvalue weighted by molar-refractivity contribution is 4.78. The molecule has 1 saturated heterocycles. The Hall–Kier alpha value is -0.120. The highest BCUT2D eigenvalue weighted by atomic mass is 16.5. The Morgan fingerprint density at radius 1 is 1.38 bits per heavy atom. The van der Waals surface area contributed by atoms with Crippen LogP contribution >= 0.6 is 0 Å². The minimum atomic E-state index is 0.550. The fraction of sp³-hybridized carbons (Fsp3) is 1.00. The average molecular weight is 186 g/mol. The van der Waals surface area contributed by atoms with Gasteiger partial charge in [0.2, 0.25) is 0 Å². The number of nitrogens with two attached hydrogens (primary N) is 1. The van der Waals surface area contributed by atoms with E-state index in [9.17, 15) is 0 Å². The summed E-state index contributed by atoms with van der Waals surface area (Å²) in [5.41, 5.74) is 5.80. The minimum Gasteiger partial charge on any atom is -0.379 e. The third-order valence-corrected chi connectivity index (χ3v) is 3.06. The van der Waals surface area contributed by atoms with Gasteiger partial charge in [-0.2, -0.15) is 0 Å². The molecular formula is C10H22N2O. The molecule has 1 heterocycles. The fourth-order valence-corrected chi connectivity index (χ4v) is 1.92. The molecule has 0 aliphatic carbocycles. The fourth-order valence-electron chi connectivity index (χ4n) is 1.92. The van der Waals surface area contributed by atoms with Gasteiger partial charge >= 0.3 is 0 Å². The van der Waals surface area contributed by atoms with E-state index in [2.05, 4.69) is 18.7 Å². The molecule has 0 saturated carbocycles. The molecule has 0 aromatic carbocycles. The largest absolute Gasteiger partial charge is 0.379 e. The monoisotopic (exact) mass is 186 g/mol. The SMILES string of the molecule is CCC(C)C(CN)N1CCOCC1. The normalized spacial score (nSPS) is 24.2. The summed E-state index contributed by atoms with van der Waals surface area (Å²) in [6, 6.07) is 0.550. The van der Waals surface area contributed by atoms with Gasteiger partial charge in [0.15, 0.2) is 0 Å². The Balaban J connectivity index is 2.43. The van der Waals surface area contributed by atoms with Crippen molar-refractivity contribution in [1.29, 1.82) is 0 Å². The van der Waals surface area contributed by atoms with E-state index in [4.69, 9.17) is 10.5 Å². The molecule has 0 radical (unpaired) electrons. The second kappa shape index (κ2) is 5.58. The zero-order valence-electron chi connectivity index (χ0n) is 8.83. The lowest BCUT2D eigenvalue weighted by Crippen LogP contribution is -2.49. The van der Waals surface area contributed by atoms with Gasteiger partial charge in [-0.25, -0.2) is 0 Å². The van der Waals surface area contributed by atoms with E-state index in [1.807, 2.05) is 0 Å². The van der Waals surface area contributed by atoms with E-state index in [0.29, 0.717) is 12.0 Å². The minimum absolute atomic E-state index is 0.550. The third-order valence-electron chi connectivity index (χ3n) is 3.06. The first kappa shape index (κ1) is 11.0. The van der Waals surface area contributed by atoms with Crippen molar-refractivity contribution in [3.8, 4) is 0 Å². The molecule has 0 spiro atoms. The lowest BCUT2D eigenvalue weighted by molar-refractivity contribution is 0.00637. The maximum Gasteiger partial charge on any atom is 0.0594 e. The Morgan fingerprint density at radius 3 is 2.46 bits per heavy atom.